The first-order valence-electron chi connectivity index (χ1n) is 11.1. The van der Waals surface area contributed by atoms with Gasteiger partial charge in [0.15, 0.2) is 11.8 Å². The predicted octanol–water partition coefficient (Wildman–Crippen LogP) is 3.34. The van der Waals surface area contributed by atoms with Crippen LogP contribution < -0.4 is 5.32 Å². The van der Waals surface area contributed by atoms with Crippen LogP contribution in [0.1, 0.15) is 58.2 Å². The van der Waals surface area contributed by atoms with E-state index < -0.39 is 0 Å². The third kappa shape index (κ3) is 7.08. The third-order valence-electron chi connectivity index (χ3n) is 6.31. The van der Waals surface area contributed by atoms with E-state index in [9.17, 15) is 0 Å². The van der Waals surface area contributed by atoms with Crippen LogP contribution >= 0.6 is 24.0 Å². The van der Waals surface area contributed by atoms with Crippen molar-refractivity contribution in [2.24, 2.45) is 16.8 Å². The van der Waals surface area contributed by atoms with Crippen molar-refractivity contribution < 1.29 is 4.52 Å². The summed E-state index contributed by atoms with van der Waals surface area (Å²) in [7, 11) is 0. The number of hydrogen-bond acceptors (Lipinski definition) is 5. The van der Waals surface area contributed by atoms with E-state index in [2.05, 4.69) is 46.0 Å². The molecule has 1 saturated heterocycles. The monoisotopic (exact) mass is 518 g/mol. The van der Waals surface area contributed by atoms with E-state index in [1.54, 1.807) is 0 Å². The second kappa shape index (κ2) is 12.1. The van der Waals surface area contributed by atoms with Gasteiger partial charge in [0.05, 0.1) is 6.54 Å². The Balaban J connectivity index is 0.00000300. The lowest BCUT2D eigenvalue weighted by atomic mass is 9.79. The van der Waals surface area contributed by atoms with Gasteiger partial charge in [0, 0.05) is 45.2 Å². The average molecular weight is 518 g/mol. The van der Waals surface area contributed by atoms with Crippen LogP contribution in [0.5, 0.6) is 0 Å². The van der Waals surface area contributed by atoms with E-state index in [1.165, 1.54) is 25.7 Å². The van der Waals surface area contributed by atoms with Crippen molar-refractivity contribution in [2.75, 3.05) is 39.3 Å². The minimum absolute atomic E-state index is 0. The number of halogens is 1. The number of hydrogen-bond donors (Lipinski definition) is 1. The second-order valence-corrected chi connectivity index (χ2v) is 8.56. The number of guanidine groups is 1. The Kier molecular flexibility index (Phi) is 10.1. The van der Waals surface area contributed by atoms with E-state index in [1.807, 2.05) is 6.92 Å². The highest BCUT2D eigenvalue weighted by molar-refractivity contribution is 14.0. The summed E-state index contributed by atoms with van der Waals surface area (Å²) in [5.74, 6) is 4.14. The van der Waals surface area contributed by atoms with Gasteiger partial charge in [-0.2, -0.15) is 4.98 Å². The molecule has 166 valence electrons. The lowest BCUT2D eigenvalue weighted by Crippen LogP contribution is -2.55. The third-order valence-corrected chi connectivity index (χ3v) is 6.31. The highest BCUT2D eigenvalue weighted by Gasteiger charge is 2.29. The van der Waals surface area contributed by atoms with Crippen molar-refractivity contribution in [1.29, 1.82) is 0 Å². The maximum absolute atomic E-state index is 5.18. The number of aryl methyl sites for hydroxylation is 1. The molecule has 2 heterocycles. The number of rotatable bonds is 6. The molecule has 7 nitrogen and oxygen atoms in total. The van der Waals surface area contributed by atoms with Crippen LogP contribution in [0.25, 0.3) is 0 Å². The fourth-order valence-corrected chi connectivity index (χ4v) is 4.56. The van der Waals surface area contributed by atoms with Crippen molar-refractivity contribution in [3.8, 4) is 0 Å². The maximum atomic E-state index is 5.18. The molecular formula is C21H39IN6O. The van der Waals surface area contributed by atoms with Crippen molar-refractivity contribution in [2.45, 2.75) is 65.8 Å². The molecule has 0 bridgehead atoms. The van der Waals surface area contributed by atoms with E-state index in [0.717, 1.165) is 56.6 Å². The van der Waals surface area contributed by atoms with Crippen LogP contribution in [0.4, 0.5) is 0 Å². The molecule has 0 spiro atoms. The quantitative estimate of drug-likeness (QED) is 0.354. The van der Waals surface area contributed by atoms with Crippen LogP contribution in [0.3, 0.4) is 0 Å². The molecule has 0 radical (unpaired) electrons. The lowest BCUT2D eigenvalue weighted by molar-refractivity contribution is 0.0864. The van der Waals surface area contributed by atoms with E-state index in [-0.39, 0.29) is 24.0 Å². The fraction of sp³-hybridized carbons (Fsp3) is 0.857. The Bertz CT molecular complexity index is 618. The summed E-state index contributed by atoms with van der Waals surface area (Å²) in [5.41, 5.74) is 0. The highest BCUT2D eigenvalue weighted by Crippen LogP contribution is 2.32. The molecule has 1 aromatic rings. The summed E-state index contributed by atoms with van der Waals surface area (Å²) in [6, 6.07) is 0.789. The average Bonchev–Trinajstić information content (AvgIpc) is 3.12. The van der Waals surface area contributed by atoms with Crippen molar-refractivity contribution in [3.63, 3.8) is 0 Å². The standard InChI is InChI=1S/C21H38N6O.HI/c1-5-22-21(23-11-10-20-24-17(4)25-28-20)27-14-12-26(13-15-27)19-8-6-18(7-9-19)16(2)3;/h16,18-19H,5-15H2,1-4H3,(H,22,23);1H. The fourth-order valence-electron chi connectivity index (χ4n) is 4.56. The van der Waals surface area contributed by atoms with Gasteiger partial charge < -0.3 is 14.7 Å². The van der Waals surface area contributed by atoms with Gasteiger partial charge in [-0.05, 0) is 51.4 Å². The van der Waals surface area contributed by atoms with Crippen LogP contribution in [-0.4, -0.2) is 71.2 Å². The van der Waals surface area contributed by atoms with Crippen molar-refractivity contribution in [1.82, 2.24) is 25.3 Å². The molecule has 2 aliphatic rings. The van der Waals surface area contributed by atoms with E-state index in [4.69, 9.17) is 9.52 Å². The SMILES string of the molecule is CCNC(=NCCc1nc(C)no1)N1CCN(C2CCC(C(C)C)CC2)CC1.I. The molecule has 1 aliphatic carbocycles. The van der Waals surface area contributed by atoms with Crippen molar-refractivity contribution >= 4 is 29.9 Å². The number of aromatic nitrogens is 2. The van der Waals surface area contributed by atoms with Gasteiger partial charge in [-0.25, -0.2) is 0 Å². The molecule has 1 aromatic heterocycles. The van der Waals surface area contributed by atoms with Crippen LogP contribution in [0, 0.1) is 18.8 Å². The molecule has 8 heteroatoms. The van der Waals surface area contributed by atoms with E-state index in [0.29, 0.717) is 24.7 Å². The predicted molar refractivity (Wildman–Crippen MR) is 128 cm³/mol. The smallest absolute Gasteiger partial charge is 0.228 e. The molecule has 0 amide bonds. The Hall–Kier alpha value is -0.900. The second-order valence-electron chi connectivity index (χ2n) is 8.56. The van der Waals surface area contributed by atoms with E-state index >= 15 is 0 Å². The first-order valence-corrected chi connectivity index (χ1v) is 11.1. The molecule has 1 saturated carbocycles. The molecule has 0 aromatic carbocycles. The first kappa shape index (κ1) is 24.4. The summed E-state index contributed by atoms with van der Waals surface area (Å²) in [5, 5.41) is 7.29. The van der Waals surface area contributed by atoms with Crippen LogP contribution in [0.15, 0.2) is 9.52 Å². The largest absolute Gasteiger partial charge is 0.357 e. The van der Waals surface area contributed by atoms with Gasteiger partial charge in [0.1, 0.15) is 0 Å². The van der Waals surface area contributed by atoms with Gasteiger partial charge in [-0.3, -0.25) is 9.89 Å². The summed E-state index contributed by atoms with van der Waals surface area (Å²) in [4.78, 5) is 14.2. The Labute approximate surface area is 193 Å². The first-order chi connectivity index (χ1) is 13.6. The summed E-state index contributed by atoms with van der Waals surface area (Å²) in [6.45, 7) is 14.7. The number of piperazine rings is 1. The van der Waals surface area contributed by atoms with Gasteiger partial charge in [0.2, 0.25) is 5.89 Å². The maximum Gasteiger partial charge on any atom is 0.228 e. The molecule has 0 unspecified atom stereocenters. The number of nitrogens with zero attached hydrogens (tertiary/aromatic N) is 5. The summed E-state index contributed by atoms with van der Waals surface area (Å²) < 4.78 is 5.18. The van der Waals surface area contributed by atoms with Crippen molar-refractivity contribution in [3.05, 3.63) is 11.7 Å². The van der Waals surface area contributed by atoms with Gasteiger partial charge in [-0.15, -0.1) is 24.0 Å². The summed E-state index contributed by atoms with van der Waals surface area (Å²) in [6.07, 6.45) is 6.25. The van der Waals surface area contributed by atoms with Gasteiger partial charge >= 0.3 is 0 Å². The molecule has 29 heavy (non-hydrogen) atoms. The molecule has 2 fully saturated rings. The Morgan fingerprint density at radius 2 is 1.86 bits per heavy atom. The lowest BCUT2D eigenvalue weighted by Gasteiger charge is -2.43. The zero-order valence-corrected chi connectivity index (χ0v) is 20.9. The molecule has 3 rings (SSSR count). The number of nitrogens with one attached hydrogen (secondary N) is 1. The minimum Gasteiger partial charge on any atom is -0.357 e. The van der Waals surface area contributed by atoms with Gasteiger partial charge in [0.25, 0.3) is 0 Å². The van der Waals surface area contributed by atoms with Crippen LogP contribution in [-0.2, 0) is 6.42 Å². The Morgan fingerprint density at radius 1 is 1.17 bits per heavy atom. The minimum atomic E-state index is 0. The molecule has 0 atom stereocenters. The number of aliphatic imine (C=N–C) groups is 1. The van der Waals surface area contributed by atoms with Crippen LogP contribution in [0.2, 0.25) is 0 Å². The molecule has 1 N–H and O–H groups in total. The molecule has 1 aliphatic heterocycles. The summed E-state index contributed by atoms with van der Waals surface area (Å²) >= 11 is 0. The Morgan fingerprint density at radius 3 is 2.41 bits per heavy atom. The molecular weight excluding hydrogens is 479 g/mol. The normalized spacial score (nSPS) is 23.9. The zero-order chi connectivity index (χ0) is 19.9. The van der Waals surface area contributed by atoms with Gasteiger partial charge in [-0.1, -0.05) is 19.0 Å². The topological polar surface area (TPSA) is 69.8 Å². The highest BCUT2D eigenvalue weighted by atomic mass is 127. The zero-order valence-electron chi connectivity index (χ0n) is 18.6.